The molecule has 0 aliphatic heterocycles. The van der Waals surface area contributed by atoms with Crippen LogP contribution in [0.2, 0.25) is 0 Å². The van der Waals surface area contributed by atoms with Gasteiger partial charge < -0.3 is 14.2 Å². The largest absolute Gasteiger partial charge is 0.489 e. The number of methoxy groups -OCH3 is 2. The van der Waals surface area contributed by atoms with Crippen LogP contribution in [0.5, 0.6) is 5.75 Å². The third-order valence-electron chi connectivity index (χ3n) is 4.92. The van der Waals surface area contributed by atoms with Gasteiger partial charge in [-0.1, -0.05) is 55.5 Å². The van der Waals surface area contributed by atoms with Crippen molar-refractivity contribution in [3.05, 3.63) is 77.9 Å². The summed E-state index contributed by atoms with van der Waals surface area (Å²) in [6, 6.07) is 22.9. The van der Waals surface area contributed by atoms with E-state index >= 15 is 0 Å². The van der Waals surface area contributed by atoms with Gasteiger partial charge in [-0.3, -0.25) is 0 Å². The summed E-state index contributed by atoms with van der Waals surface area (Å²) in [4.78, 5) is 0. The topological polar surface area (TPSA) is 27.7 Å². The molecule has 0 spiro atoms. The SMILES string of the molecule is CCC(COC)(OC)c1cccc(OCc2ccc3ccccc3c2)c1. The molecule has 0 amide bonds. The van der Waals surface area contributed by atoms with Gasteiger partial charge in [0, 0.05) is 14.2 Å². The summed E-state index contributed by atoms with van der Waals surface area (Å²) in [5, 5.41) is 2.47. The van der Waals surface area contributed by atoms with Gasteiger partial charge in [-0.2, -0.15) is 0 Å². The van der Waals surface area contributed by atoms with Gasteiger partial charge >= 0.3 is 0 Å². The van der Waals surface area contributed by atoms with Gasteiger partial charge in [-0.25, -0.2) is 0 Å². The summed E-state index contributed by atoms with van der Waals surface area (Å²) in [5.41, 5.74) is 1.77. The molecule has 0 N–H and O–H groups in total. The van der Waals surface area contributed by atoms with E-state index in [0.717, 1.165) is 23.3 Å². The van der Waals surface area contributed by atoms with Crippen LogP contribution in [-0.4, -0.2) is 20.8 Å². The molecule has 0 fully saturated rings. The van der Waals surface area contributed by atoms with Gasteiger partial charge in [-0.05, 0) is 46.5 Å². The Balaban J connectivity index is 1.77. The van der Waals surface area contributed by atoms with Crippen LogP contribution in [0.4, 0.5) is 0 Å². The first-order valence-electron chi connectivity index (χ1n) is 8.96. The van der Waals surface area contributed by atoms with Crippen molar-refractivity contribution in [2.24, 2.45) is 0 Å². The Morgan fingerprint density at radius 3 is 2.38 bits per heavy atom. The first-order valence-corrected chi connectivity index (χ1v) is 8.96. The molecule has 3 aromatic carbocycles. The molecule has 3 heteroatoms. The number of rotatable bonds is 8. The summed E-state index contributed by atoms with van der Waals surface area (Å²) >= 11 is 0. The van der Waals surface area contributed by atoms with Gasteiger partial charge in [0.15, 0.2) is 0 Å². The average molecular weight is 350 g/mol. The zero-order valence-corrected chi connectivity index (χ0v) is 15.7. The van der Waals surface area contributed by atoms with E-state index in [1.54, 1.807) is 14.2 Å². The highest BCUT2D eigenvalue weighted by Gasteiger charge is 2.30. The maximum absolute atomic E-state index is 6.05. The van der Waals surface area contributed by atoms with Gasteiger partial charge in [0.2, 0.25) is 0 Å². The van der Waals surface area contributed by atoms with E-state index in [2.05, 4.69) is 55.5 Å². The lowest BCUT2D eigenvalue weighted by Gasteiger charge is -2.31. The molecule has 136 valence electrons. The van der Waals surface area contributed by atoms with Gasteiger partial charge in [0.1, 0.15) is 18.0 Å². The molecule has 3 rings (SSSR count). The molecule has 1 atom stereocenters. The van der Waals surface area contributed by atoms with E-state index in [0.29, 0.717) is 13.2 Å². The second-order valence-electron chi connectivity index (χ2n) is 6.48. The molecule has 0 saturated carbocycles. The van der Waals surface area contributed by atoms with Crippen molar-refractivity contribution in [1.29, 1.82) is 0 Å². The van der Waals surface area contributed by atoms with Crippen LogP contribution in [0.15, 0.2) is 66.7 Å². The Kier molecular flexibility index (Phi) is 5.92. The molecule has 0 saturated heterocycles. The minimum absolute atomic E-state index is 0.447. The molecule has 3 aromatic rings. The van der Waals surface area contributed by atoms with Crippen molar-refractivity contribution in [3.63, 3.8) is 0 Å². The lowest BCUT2D eigenvalue weighted by atomic mass is 9.91. The summed E-state index contributed by atoms with van der Waals surface area (Å²) in [5.74, 6) is 0.835. The van der Waals surface area contributed by atoms with E-state index < -0.39 is 5.60 Å². The van der Waals surface area contributed by atoms with Gasteiger partial charge in [0.05, 0.1) is 6.61 Å². The predicted octanol–water partition coefficient (Wildman–Crippen LogP) is 5.32. The van der Waals surface area contributed by atoms with Crippen molar-refractivity contribution in [2.75, 3.05) is 20.8 Å². The van der Waals surface area contributed by atoms with Crippen molar-refractivity contribution >= 4 is 10.8 Å². The number of benzene rings is 3. The number of hydrogen-bond acceptors (Lipinski definition) is 3. The van der Waals surface area contributed by atoms with Gasteiger partial charge in [-0.15, -0.1) is 0 Å². The van der Waals surface area contributed by atoms with Crippen LogP contribution >= 0.6 is 0 Å². The summed E-state index contributed by atoms with van der Waals surface area (Å²) < 4.78 is 17.2. The highest BCUT2D eigenvalue weighted by Crippen LogP contribution is 2.31. The third kappa shape index (κ3) is 3.90. The fraction of sp³-hybridized carbons (Fsp3) is 0.304. The number of ether oxygens (including phenoxy) is 3. The second kappa shape index (κ2) is 8.35. The molecular formula is C23H26O3. The van der Waals surface area contributed by atoms with E-state index in [9.17, 15) is 0 Å². The van der Waals surface area contributed by atoms with Crippen molar-refractivity contribution in [1.82, 2.24) is 0 Å². The van der Waals surface area contributed by atoms with Crippen LogP contribution in [-0.2, 0) is 21.7 Å². The number of fused-ring (bicyclic) bond motifs is 1. The Hall–Kier alpha value is -2.36. The fourth-order valence-electron chi connectivity index (χ4n) is 3.31. The molecule has 1 unspecified atom stereocenters. The van der Waals surface area contributed by atoms with Crippen molar-refractivity contribution < 1.29 is 14.2 Å². The zero-order valence-electron chi connectivity index (χ0n) is 15.7. The predicted molar refractivity (Wildman–Crippen MR) is 106 cm³/mol. The first-order chi connectivity index (χ1) is 12.7. The van der Waals surface area contributed by atoms with Crippen molar-refractivity contribution in [2.45, 2.75) is 25.6 Å². The fourth-order valence-corrected chi connectivity index (χ4v) is 3.31. The summed E-state index contributed by atoms with van der Waals surface area (Å²) in [6.07, 6.45) is 0.825. The van der Waals surface area contributed by atoms with Crippen LogP contribution in [0.25, 0.3) is 10.8 Å². The smallest absolute Gasteiger partial charge is 0.120 e. The lowest BCUT2D eigenvalue weighted by Crippen LogP contribution is -2.33. The normalized spacial score (nSPS) is 13.5. The quantitative estimate of drug-likeness (QED) is 0.550. The summed E-state index contributed by atoms with van der Waals surface area (Å²) in [6.45, 7) is 3.14. The maximum atomic E-state index is 6.05. The molecule has 0 aromatic heterocycles. The Morgan fingerprint density at radius 1 is 0.846 bits per heavy atom. The van der Waals surface area contributed by atoms with Crippen molar-refractivity contribution in [3.8, 4) is 5.75 Å². The van der Waals surface area contributed by atoms with E-state index in [1.807, 2.05) is 18.2 Å². The lowest BCUT2D eigenvalue weighted by molar-refractivity contribution is -0.0720. The van der Waals surface area contributed by atoms with Crippen LogP contribution in [0.3, 0.4) is 0 Å². The van der Waals surface area contributed by atoms with Crippen LogP contribution in [0.1, 0.15) is 24.5 Å². The van der Waals surface area contributed by atoms with E-state index in [4.69, 9.17) is 14.2 Å². The number of hydrogen-bond donors (Lipinski definition) is 0. The first kappa shape index (κ1) is 18.4. The van der Waals surface area contributed by atoms with Crippen LogP contribution < -0.4 is 4.74 Å². The maximum Gasteiger partial charge on any atom is 0.120 e. The molecule has 0 aliphatic carbocycles. The molecule has 0 aliphatic rings. The second-order valence-corrected chi connectivity index (χ2v) is 6.48. The minimum Gasteiger partial charge on any atom is -0.489 e. The Labute approximate surface area is 155 Å². The van der Waals surface area contributed by atoms with Crippen LogP contribution in [0, 0.1) is 0 Å². The average Bonchev–Trinajstić information content (AvgIpc) is 2.70. The standard InChI is InChI=1S/C23H26O3/c1-4-23(25-3,17-24-2)21-10-7-11-22(15-21)26-16-18-12-13-19-8-5-6-9-20(19)14-18/h5-15H,4,16-17H2,1-3H3. The molecule has 26 heavy (non-hydrogen) atoms. The summed E-state index contributed by atoms with van der Waals surface area (Å²) in [7, 11) is 3.43. The highest BCUT2D eigenvalue weighted by atomic mass is 16.5. The molecule has 0 radical (unpaired) electrons. The zero-order chi connectivity index (χ0) is 18.4. The Morgan fingerprint density at radius 2 is 1.65 bits per heavy atom. The molecular weight excluding hydrogens is 324 g/mol. The van der Waals surface area contributed by atoms with Gasteiger partial charge in [0.25, 0.3) is 0 Å². The third-order valence-corrected chi connectivity index (χ3v) is 4.92. The molecule has 0 bridgehead atoms. The minimum atomic E-state index is -0.447. The molecule has 0 heterocycles. The van der Waals surface area contributed by atoms with E-state index in [-0.39, 0.29) is 0 Å². The monoisotopic (exact) mass is 350 g/mol. The molecule has 3 nitrogen and oxygen atoms in total. The van der Waals surface area contributed by atoms with E-state index in [1.165, 1.54) is 10.8 Å². The highest BCUT2D eigenvalue weighted by molar-refractivity contribution is 5.82. The Bertz CT molecular complexity index is 853.